The smallest absolute Gasteiger partial charge is 0.249 e. The van der Waals surface area contributed by atoms with Gasteiger partial charge in [0.25, 0.3) is 0 Å². The molecule has 0 atom stereocenters. The third kappa shape index (κ3) is 3.12. The molecule has 0 radical (unpaired) electrons. The first-order chi connectivity index (χ1) is 9.65. The summed E-state index contributed by atoms with van der Waals surface area (Å²) in [6.07, 6.45) is 3.17. The van der Waals surface area contributed by atoms with Gasteiger partial charge in [-0.1, -0.05) is 13.0 Å². The molecule has 4 heteroatoms. The van der Waals surface area contributed by atoms with Crippen LogP contribution in [0.2, 0.25) is 0 Å². The number of nitrogens with one attached hydrogen (secondary N) is 1. The molecule has 1 aliphatic heterocycles. The number of piperidine rings is 1. The van der Waals surface area contributed by atoms with E-state index in [-0.39, 0.29) is 5.91 Å². The van der Waals surface area contributed by atoms with Crippen LogP contribution in [0.3, 0.4) is 0 Å². The molecule has 1 amide bonds. The molecule has 1 aromatic rings. The van der Waals surface area contributed by atoms with Gasteiger partial charge in [-0.2, -0.15) is 0 Å². The van der Waals surface area contributed by atoms with Crippen LogP contribution in [-0.4, -0.2) is 25.6 Å². The van der Waals surface area contributed by atoms with Crippen LogP contribution < -0.4 is 15.8 Å². The Morgan fingerprint density at radius 1 is 1.40 bits per heavy atom. The van der Waals surface area contributed by atoms with Crippen molar-refractivity contribution in [2.75, 3.05) is 19.7 Å². The van der Waals surface area contributed by atoms with Gasteiger partial charge in [0.15, 0.2) is 0 Å². The van der Waals surface area contributed by atoms with E-state index in [4.69, 9.17) is 10.5 Å². The summed E-state index contributed by atoms with van der Waals surface area (Å²) >= 11 is 0. The molecule has 0 spiro atoms. The molecule has 1 aromatic carbocycles. The maximum atomic E-state index is 11.5. The van der Waals surface area contributed by atoms with Crippen molar-refractivity contribution < 1.29 is 9.53 Å². The van der Waals surface area contributed by atoms with E-state index in [1.54, 1.807) is 0 Å². The van der Waals surface area contributed by atoms with Crippen molar-refractivity contribution in [3.8, 4) is 5.75 Å². The van der Waals surface area contributed by atoms with Crippen molar-refractivity contribution in [3.05, 3.63) is 28.8 Å². The van der Waals surface area contributed by atoms with E-state index in [2.05, 4.69) is 12.2 Å². The summed E-state index contributed by atoms with van der Waals surface area (Å²) < 4.78 is 5.93. The number of carbonyl (C=O) groups is 1. The summed E-state index contributed by atoms with van der Waals surface area (Å²) in [5.41, 5.74) is 8.10. The average Bonchev–Trinajstić information content (AvgIpc) is 2.46. The zero-order valence-corrected chi connectivity index (χ0v) is 12.4. The van der Waals surface area contributed by atoms with Gasteiger partial charge in [0.05, 0.1) is 6.61 Å². The Morgan fingerprint density at radius 3 is 2.70 bits per heavy atom. The van der Waals surface area contributed by atoms with Gasteiger partial charge in [0, 0.05) is 11.1 Å². The maximum Gasteiger partial charge on any atom is 0.249 e. The number of amides is 1. The number of nitrogens with two attached hydrogens (primary N) is 1. The molecule has 0 unspecified atom stereocenters. The number of hydrogen-bond acceptors (Lipinski definition) is 3. The molecule has 4 nitrogen and oxygen atoms in total. The fraction of sp³-hybridized carbons (Fsp3) is 0.562. The lowest BCUT2D eigenvalue weighted by molar-refractivity contribution is 0.0999. The Labute approximate surface area is 120 Å². The Bertz CT molecular complexity index is 480. The van der Waals surface area contributed by atoms with E-state index in [0.717, 1.165) is 43.7 Å². The molecule has 0 saturated carbocycles. The van der Waals surface area contributed by atoms with Crippen LogP contribution in [-0.2, 0) is 0 Å². The topological polar surface area (TPSA) is 64.3 Å². The van der Waals surface area contributed by atoms with Gasteiger partial charge in [-0.05, 0) is 56.8 Å². The first-order valence-corrected chi connectivity index (χ1v) is 7.42. The van der Waals surface area contributed by atoms with E-state index in [1.807, 2.05) is 19.1 Å². The maximum absolute atomic E-state index is 11.5. The minimum absolute atomic E-state index is 0.388. The summed E-state index contributed by atoms with van der Waals surface area (Å²) in [5.74, 6) is 0.986. The zero-order chi connectivity index (χ0) is 14.5. The molecule has 1 fully saturated rings. The van der Waals surface area contributed by atoms with Gasteiger partial charge >= 0.3 is 0 Å². The number of ether oxygens (including phenoxy) is 1. The third-order valence-electron chi connectivity index (χ3n) is 3.93. The Kier molecular flexibility index (Phi) is 5.01. The first kappa shape index (κ1) is 14.9. The monoisotopic (exact) mass is 276 g/mol. The van der Waals surface area contributed by atoms with Crippen LogP contribution >= 0.6 is 0 Å². The van der Waals surface area contributed by atoms with Gasteiger partial charge in [-0.15, -0.1) is 0 Å². The lowest BCUT2D eigenvalue weighted by Crippen LogP contribution is -2.27. The molecule has 0 aliphatic carbocycles. The highest BCUT2D eigenvalue weighted by atomic mass is 16.5. The van der Waals surface area contributed by atoms with Crippen molar-refractivity contribution in [1.82, 2.24) is 5.32 Å². The van der Waals surface area contributed by atoms with Crippen molar-refractivity contribution in [1.29, 1.82) is 0 Å². The highest BCUT2D eigenvalue weighted by Gasteiger charge is 2.22. The van der Waals surface area contributed by atoms with Crippen molar-refractivity contribution in [2.24, 2.45) is 5.73 Å². The Morgan fingerprint density at radius 2 is 2.10 bits per heavy atom. The molecule has 110 valence electrons. The van der Waals surface area contributed by atoms with E-state index < -0.39 is 0 Å². The van der Waals surface area contributed by atoms with Gasteiger partial charge in [0.1, 0.15) is 5.75 Å². The highest BCUT2D eigenvalue weighted by Crippen LogP contribution is 2.36. The largest absolute Gasteiger partial charge is 0.493 e. The number of hydrogen-bond donors (Lipinski definition) is 2. The summed E-state index contributed by atoms with van der Waals surface area (Å²) in [7, 11) is 0. The molecule has 1 aliphatic rings. The zero-order valence-electron chi connectivity index (χ0n) is 12.4. The normalized spacial score (nSPS) is 16.1. The predicted molar refractivity (Wildman–Crippen MR) is 80.3 cm³/mol. The molecule has 1 saturated heterocycles. The molecule has 1 heterocycles. The SMILES string of the molecule is CCCOc1c(C2CCNCC2)ccc(C(N)=O)c1C. The Balaban J connectivity index is 2.38. The van der Waals surface area contributed by atoms with Gasteiger partial charge in [0.2, 0.25) is 5.91 Å². The van der Waals surface area contributed by atoms with E-state index in [1.165, 1.54) is 5.56 Å². The molecular weight excluding hydrogens is 252 g/mol. The van der Waals surface area contributed by atoms with Gasteiger partial charge < -0.3 is 15.8 Å². The second-order valence-electron chi connectivity index (χ2n) is 5.39. The summed E-state index contributed by atoms with van der Waals surface area (Å²) in [6.45, 7) is 6.75. The van der Waals surface area contributed by atoms with Crippen molar-refractivity contribution in [2.45, 2.75) is 39.0 Å². The molecular formula is C16H24N2O2. The van der Waals surface area contributed by atoms with Crippen LogP contribution in [0.4, 0.5) is 0 Å². The van der Waals surface area contributed by atoms with Gasteiger partial charge in [-0.3, -0.25) is 4.79 Å². The average molecular weight is 276 g/mol. The van der Waals surface area contributed by atoms with E-state index >= 15 is 0 Å². The van der Waals surface area contributed by atoms with Crippen molar-refractivity contribution in [3.63, 3.8) is 0 Å². The fourth-order valence-electron chi connectivity index (χ4n) is 2.83. The van der Waals surface area contributed by atoms with Crippen LogP contribution in [0, 0.1) is 6.92 Å². The number of benzene rings is 1. The second-order valence-corrected chi connectivity index (χ2v) is 5.39. The first-order valence-electron chi connectivity index (χ1n) is 7.42. The van der Waals surface area contributed by atoms with Gasteiger partial charge in [-0.25, -0.2) is 0 Å². The second kappa shape index (κ2) is 6.75. The van der Waals surface area contributed by atoms with Crippen LogP contribution in [0.15, 0.2) is 12.1 Å². The fourth-order valence-corrected chi connectivity index (χ4v) is 2.83. The van der Waals surface area contributed by atoms with E-state index in [0.29, 0.717) is 18.1 Å². The minimum atomic E-state index is -0.388. The Hall–Kier alpha value is -1.55. The summed E-state index contributed by atoms with van der Waals surface area (Å²) in [5, 5.41) is 3.38. The van der Waals surface area contributed by atoms with E-state index in [9.17, 15) is 4.79 Å². The quantitative estimate of drug-likeness (QED) is 0.867. The molecule has 3 N–H and O–H groups in total. The molecule has 20 heavy (non-hydrogen) atoms. The van der Waals surface area contributed by atoms with Crippen LogP contribution in [0.5, 0.6) is 5.75 Å². The predicted octanol–water partition coefficient (Wildman–Crippen LogP) is 2.35. The summed E-state index contributed by atoms with van der Waals surface area (Å²) in [4.78, 5) is 11.5. The molecule has 2 rings (SSSR count). The summed E-state index contributed by atoms with van der Waals surface area (Å²) in [6, 6.07) is 3.86. The minimum Gasteiger partial charge on any atom is -0.493 e. The van der Waals surface area contributed by atoms with Crippen LogP contribution in [0.1, 0.15) is 53.6 Å². The lowest BCUT2D eigenvalue weighted by atomic mass is 9.87. The molecule has 0 bridgehead atoms. The number of carbonyl (C=O) groups excluding carboxylic acids is 1. The lowest BCUT2D eigenvalue weighted by Gasteiger charge is -2.26. The number of primary amides is 1. The van der Waals surface area contributed by atoms with Crippen molar-refractivity contribution >= 4 is 5.91 Å². The standard InChI is InChI=1S/C16H24N2O2/c1-3-10-20-15-11(2)13(16(17)19)4-5-14(15)12-6-8-18-9-7-12/h4-5,12,18H,3,6-10H2,1-2H3,(H2,17,19). The van der Waals surface area contributed by atoms with Crippen LogP contribution in [0.25, 0.3) is 0 Å². The molecule has 0 aromatic heterocycles. The highest BCUT2D eigenvalue weighted by molar-refractivity contribution is 5.95. The third-order valence-corrected chi connectivity index (χ3v) is 3.93. The number of rotatable bonds is 5.